The average molecular weight is 259 g/mol. The van der Waals surface area contributed by atoms with Gasteiger partial charge < -0.3 is 14.2 Å². The molecule has 1 N–H and O–H groups in total. The fraction of sp³-hybridized carbons (Fsp3) is 0.750. The van der Waals surface area contributed by atoms with Crippen LogP contribution in [0.3, 0.4) is 0 Å². The molecule has 0 aromatic rings. The van der Waals surface area contributed by atoms with E-state index in [1.807, 2.05) is 0 Å². The zero-order chi connectivity index (χ0) is 13.3. The predicted octanol–water partition coefficient (Wildman–Crippen LogP) is 2.07. The van der Waals surface area contributed by atoms with Crippen LogP contribution >= 0.6 is 0 Å². The minimum atomic E-state index is -2.07. The third-order valence-corrected chi connectivity index (χ3v) is 6.72. The van der Waals surface area contributed by atoms with Crippen LogP contribution in [0.2, 0.25) is 12.1 Å². The van der Waals surface area contributed by atoms with Gasteiger partial charge in [-0.05, 0) is 30.5 Å². The van der Waals surface area contributed by atoms with Gasteiger partial charge in [-0.1, -0.05) is 20.4 Å². The van der Waals surface area contributed by atoms with Gasteiger partial charge >= 0.3 is 8.56 Å². The Hall–Kier alpha value is -0.653. The standard InChI is InChI=1S/C12H25NO3Si/c1-6-12(14)13-8-7-9-17(15-4,16-5)10-11(2)3/h6,11H,1,7-10H2,2-5H3,(H,13,14). The molecule has 0 saturated heterocycles. The number of amides is 1. The van der Waals surface area contributed by atoms with Crippen molar-refractivity contribution in [1.82, 2.24) is 5.32 Å². The second kappa shape index (κ2) is 8.44. The molecule has 0 saturated carbocycles. The lowest BCUT2D eigenvalue weighted by molar-refractivity contribution is -0.116. The molecule has 0 radical (unpaired) electrons. The Morgan fingerprint density at radius 3 is 2.41 bits per heavy atom. The van der Waals surface area contributed by atoms with Gasteiger partial charge in [-0.15, -0.1) is 0 Å². The maximum absolute atomic E-state index is 11.0. The third kappa shape index (κ3) is 6.60. The first-order chi connectivity index (χ1) is 7.99. The maximum atomic E-state index is 11.0. The average Bonchev–Trinajstić information content (AvgIpc) is 2.32. The van der Waals surface area contributed by atoms with Crippen LogP contribution in [0.15, 0.2) is 12.7 Å². The predicted molar refractivity (Wildman–Crippen MR) is 72.0 cm³/mol. The topological polar surface area (TPSA) is 47.6 Å². The monoisotopic (exact) mass is 259 g/mol. The summed E-state index contributed by atoms with van der Waals surface area (Å²) in [6, 6.07) is 1.88. The van der Waals surface area contributed by atoms with Gasteiger partial charge in [-0.25, -0.2) is 0 Å². The summed E-state index contributed by atoms with van der Waals surface area (Å²) in [5, 5.41) is 2.76. The van der Waals surface area contributed by atoms with Gasteiger partial charge in [0.1, 0.15) is 0 Å². The Kier molecular flexibility index (Phi) is 8.12. The summed E-state index contributed by atoms with van der Waals surface area (Å²) >= 11 is 0. The number of hydrogen-bond donors (Lipinski definition) is 1. The minimum absolute atomic E-state index is 0.129. The molecule has 100 valence electrons. The fourth-order valence-electron chi connectivity index (χ4n) is 1.82. The molecule has 0 spiro atoms. The van der Waals surface area contributed by atoms with Crippen LogP contribution < -0.4 is 5.32 Å². The first-order valence-corrected chi connectivity index (χ1v) is 8.23. The highest BCUT2D eigenvalue weighted by Crippen LogP contribution is 2.23. The molecule has 0 aliphatic carbocycles. The number of carbonyl (C=O) groups is 1. The van der Waals surface area contributed by atoms with Crippen molar-refractivity contribution < 1.29 is 13.6 Å². The fourth-order valence-corrected chi connectivity index (χ4v) is 4.89. The van der Waals surface area contributed by atoms with Gasteiger partial charge in [0.25, 0.3) is 0 Å². The van der Waals surface area contributed by atoms with E-state index in [4.69, 9.17) is 8.85 Å². The van der Waals surface area contributed by atoms with Crippen LogP contribution in [0.1, 0.15) is 20.3 Å². The molecule has 0 rings (SSSR count). The highest BCUT2D eigenvalue weighted by atomic mass is 28.4. The SMILES string of the molecule is C=CC(=O)NCCC[Si](CC(C)C)(OC)OC. The van der Waals surface area contributed by atoms with Crippen LogP contribution in [0.25, 0.3) is 0 Å². The third-order valence-electron chi connectivity index (χ3n) is 2.68. The van der Waals surface area contributed by atoms with Crippen LogP contribution in [0, 0.1) is 5.92 Å². The minimum Gasteiger partial charge on any atom is -0.398 e. The number of hydrogen-bond acceptors (Lipinski definition) is 3. The van der Waals surface area contributed by atoms with E-state index in [-0.39, 0.29) is 5.91 Å². The highest BCUT2D eigenvalue weighted by Gasteiger charge is 2.35. The molecule has 0 aliphatic heterocycles. The lowest BCUT2D eigenvalue weighted by atomic mass is 10.3. The summed E-state index contributed by atoms with van der Waals surface area (Å²) in [6.07, 6.45) is 2.16. The Morgan fingerprint density at radius 1 is 1.41 bits per heavy atom. The summed E-state index contributed by atoms with van der Waals surface area (Å²) in [5.41, 5.74) is 0. The van der Waals surface area contributed by atoms with Crippen molar-refractivity contribution in [2.24, 2.45) is 5.92 Å². The van der Waals surface area contributed by atoms with Gasteiger partial charge in [0, 0.05) is 20.8 Å². The molecule has 0 bridgehead atoms. The Balaban J connectivity index is 4.08. The van der Waals surface area contributed by atoms with Crippen molar-refractivity contribution in [3.63, 3.8) is 0 Å². The van der Waals surface area contributed by atoms with E-state index in [9.17, 15) is 4.79 Å². The molecule has 1 amide bonds. The molecule has 0 heterocycles. The summed E-state index contributed by atoms with van der Waals surface area (Å²) < 4.78 is 11.2. The van der Waals surface area contributed by atoms with Crippen molar-refractivity contribution >= 4 is 14.5 Å². The number of nitrogens with one attached hydrogen (secondary N) is 1. The Bertz CT molecular complexity index is 240. The van der Waals surface area contributed by atoms with Crippen molar-refractivity contribution in [2.75, 3.05) is 20.8 Å². The Morgan fingerprint density at radius 2 is 2.00 bits per heavy atom. The van der Waals surface area contributed by atoms with E-state index in [2.05, 4.69) is 25.7 Å². The lowest BCUT2D eigenvalue weighted by Crippen LogP contribution is -2.41. The number of rotatable bonds is 9. The van der Waals surface area contributed by atoms with Crippen LogP contribution in [-0.4, -0.2) is 35.2 Å². The van der Waals surface area contributed by atoms with Gasteiger partial charge in [-0.3, -0.25) is 4.79 Å². The van der Waals surface area contributed by atoms with E-state index >= 15 is 0 Å². The van der Waals surface area contributed by atoms with Gasteiger partial charge in [0.15, 0.2) is 0 Å². The van der Waals surface area contributed by atoms with Crippen molar-refractivity contribution in [1.29, 1.82) is 0 Å². The Labute approximate surface area is 106 Å². The normalized spacial score (nSPS) is 11.6. The molecule has 0 fully saturated rings. The summed E-state index contributed by atoms with van der Waals surface area (Å²) in [5.74, 6) is 0.431. The summed E-state index contributed by atoms with van der Waals surface area (Å²) in [4.78, 5) is 11.0. The zero-order valence-corrected chi connectivity index (χ0v) is 12.4. The smallest absolute Gasteiger partial charge is 0.337 e. The first-order valence-electron chi connectivity index (χ1n) is 6.00. The molecule has 0 aromatic carbocycles. The number of carbonyl (C=O) groups excluding carboxylic acids is 1. The zero-order valence-electron chi connectivity index (χ0n) is 11.4. The highest BCUT2D eigenvalue weighted by molar-refractivity contribution is 6.67. The van der Waals surface area contributed by atoms with Crippen LogP contribution in [0.4, 0.5) is 0 Å². The van der Waals surface area contributed by atoms with Gasteiger partial charge in [0.2, 0.25) is 5.91 Å². The molecule has 4 nitrogen and oxygen atoms in total. The van der Waals surface area contributed by atoms with E-state index in [1.165, 1.54) is 6.08 Å². The quantitative estimate of drug-likeness (QED) is 0.392. The second-order valence-electron chi connectivity index (χ2n) is 4.52. The lowest BCUT2D eigenvalue weighted by Gasteiger charge is -2.29. The molecule has 0 unspecified atom stereocenters. The molecule has 0 aliphatic rings. The largest absolute Gasteiger partial charge is 0.398 e. The van der Waals surface area contributed by atoms with Crippen LogP contribution in [0.5, 0.6) is 0 Å². The van der Waals surface area contributed by atoms with Gasteiger partial charge in [-0.2, -0.15) is 0 Å². The maximum Gasteiger partial charge on any atom is 0.337 e. The second-order valence-corrected chi connectivity index (χ2v) is 8.06. The molecular formula is C12H25NO3Si. The van der Waals surface area contributed by atoms with Crippen molar-refractivity contribution in [2.45, 2.75) is 32.4 Å². The van der Waals surface area contributed by atoms with E-state index in [0.29, 0.717) is 12.5 Å². The van der Waals surface area contributed by atoms with Gasteiger partial charge in [0.05, 0.1) is 0 Å². The van der Waals surface area contributed by atoms with E-state index in [0.717, 1.165) is 18.5 Å². The van der Waals surface area contributed by atoms with Crippen molar-refractivity contribution in [3.05, 3.63) is 12.7 Å². The molecule has 0 aromatic heterocycles. The summed E-state index contributed by atoms with van der Waals surface area (Å²) in [6.45, 7) is 8.38. The first kappa shape index (κ1) is 16.3. The molecular weight excluding hydrogens is 234 g/mol. The molecule has 17 heavy (non-hydrogen) atoms. The van der Waals surface area contributed by atoms with Crippen molar-refractivity contribution in [3.8, 4) is 0 Å². The molecule has 0 atom stereocenters. The molecule has 5 heteroatoms. The summed E-state index contributed by atoms with van der Waals surface area (Å²) in [7, 11) is 1.38. The van der Waals surface area contributed by atoms with Crippen LogP contribution in [-0.2, 0) is 13.6 Å². The van der Waals surface area contributed by atoms with E-state index in [1.54, 1.807) is 14.2 Å². The van der Waals surface area contributed by atoms with E-state index < -0.39 is 8.56 Å².